The van der Waals surface area contributed by atoms with Gasteiger partial charge in [0.25, 0.3) is 0 Å². The van der Waals surface area contributed by atoms with Crippen molar-refractivity contribution in [2.45, 2.75) is 6.04 Å². The van der Waals surface area contributed by atoms with Crippen LogP contribution in [-0.2, 0) is 0 Å². The van der Waals surface area contributed by atoms with Gasteiger partial charge in [-0.3, -0.25) is 5.84 Å². The summed E-state index contributed by atoms with van der Waals surface area (Å²) in [5.74, 6) is 6.18. The molecule has 0 aliphatic carbocycles. The minimum Gasteiger partial charge on any atom is -0.448 e. The molecule has 0 bridgehead atoms. The predicted octanol–water partition coefficient (Wildman–Crippen LogP) is 2.55. The van der Waals surface area contributed by atoms with E-state index in [0.717, 1.165) is 11.3 Å². The average Bonchev–Trinajstić information content (AvgIpc) is 2.79. The second-order valence-corrected chi connectivity index (χ2v) is 3.95. The van der Waals surface area contributed by atoms with Crippen molar-refractivity contribution in [2.24, 2.45) is 5.84 Å². The van der Waals surface area contributed by atoms with Crippen LogP contribution in [0.5, 0.6) is 0 Å². The number of nitrogens with one attached hydrogen (secondary N) is 1. The maximum atomic E-state index is 5.69. The summed E-state index contributed by atoms with van der Waals surface area (Å²) in [6.07, 6.45) is 0. The molecule has 3 nitrogen and oxygen atoms in total. The molecule has 5 heteroatoms. The lowest BCUT2D eigenvalue weighted by atomic mass is 10.1. The molecule has 0 aliphatic heterocycles. The lowest BCUT2D eigenvalue weighted by Crippen LogP contribution is -2.28. The molecule has 14 heavy (non-hydrogen) atoms. The van der Waals surface area contributed by atoms with E-state index in [1.54, 1.807) is 17.4 Å². The standard InChI is InChI=1S/C9H9ClN2OS/c10-8-2-1-7(13-8)9(12-11)6-3-4-14-5-6/h1-5,9,12H,11H2. The Kier molecular flexibility index (Phi) is 2.88. The van der Waals surface area contributed by atoms with Gasteiger partial charge < -0.3 is 4.42 Å². The first kappa shape index (κ1) is 9.73. The van der Waals surface area contributed by atoms with Crippen LogP contribution >= 0.6 is 22.9 Å². The summed E-state index contributed by atoms with van der Waals surface area (Å²) in [6, 6.07) is 5.37. The van der Waals surface area contributed by atoms with Gasteiger partial charge >= 0.3 is 0 Å². The van der Waals surface area contributed by atoms with Crippen molar-refractivity contribution in [2.75, 3.05) is 0 Å². The van der Waals surface area contributed by atoms with Crippen LogP contribution in [0.2, 0.25) is 5.22 Å². The number of hydrogen-bond acceptors (Lipinski definition) is 4. The Labute approximate surface area is 90.5 Å². The van der Waals surface area contributed by atoms with Crippen molar-refractivity contribution in [1.82, 2.24) is 5.43 Å². The highest BCUT2D eigenvalue weighted by Crippen LogP contribution is 2.26. The lowest BCUT2D eigenvalue weighted by Gasteiger charge is -2.10. The van der Waals surface area contributed by atoms with Gasteiger partial charge in [-0.1, -0.05) is 0 Å². The fourth-order valence-corrected chi connectivity index (χ4v) is 2.10. The van der Waals surface area contributed by atoms with E-state index in [2.05, 4.69) is 5.43 Å². The fraction of sp³-hybridized carbons (Fsp3) is 0.111. The van der Waals surface area contributed by atoms with E-state index in [1.807, 2.05) is 22.9 Å². The Morgan fingerprint density at radius 1 is 1.43 bits per heavy atom. The molecule has 3 N–H and O–H groups in total. The lowest BCUT2D eigenvalue weighted by molar-refractivity contribution is 0.454. The fourth-order valence-electron chi connectivity index (χ4n) is 1.27. The highest BCUT2D eigenvalue weighted by atomic mass is 35.5. The number of nitrogens with two attached hydrogens (primary N) is 1. The molecule has 0 spiro atoms. The van der Waals surface area contributed by atoms with Crippen molar-refractivity contribution in [3.05, 3.63) is 45.5 Å². The first-order valence-electron chi connectivity index (χ1n) is 4.04. The van der Waals surface area contributed by atoms with Gasteiger partial charge in [-0.2, -0.15) is 11.3 Å². The Hall–Kier alpha value is -0.810. The van der Waals surface area contributed by atoms with Crippen molar-refractivity contribution in [3.8, 4) is 0 Å². The second kappa shape index (κ2) is 4.14. The zero-order valence-corrected chi connectivity index (χ0v) is 8.81. The number of hydrazine groups is 1. The molecule has 0 saturated heterocycles. The minimum absolute atomic E-state index is 0.131. The minimum atomic E-state index is -0.131. The van der Waals surface area contributed by atoms with Crippen LogP contribution in [-0.4, -0.2) is 0 Å². The van der Waals surface area contributed by atoms with Crippen molar-refractivity contribution >= 4 is 22.9 Å². The normalized spacial score (nSPS) is 13.0. The molecule has 2 heterocycles. The van der Waals surface area contributed by atoms with E-state index in [1.165, 1.54) is 0 Å². The third-order valence-electron chi connectivity index (χ3n) is 1.92. The maximum Gasteiger partial charge on any atom is 0.193 e. The first-order chi connectivity index (χ1) is 6.81. The molecule has 0 fully saturated rings. The number of halogens is 1. The van der Waals surface area contributed by atoms with Crippen LogP contribution in [0, 0.1) is 0 Å². The zero-order chi connectivity index (χ0) is 9.97. The smallest absolute Gasteiger partial charge is 0.193 e. The molecule has 74 valence electrons. The topological polar surface area (TPSA) is 51.2 Å². The summed E-state index contributed by atoms with van der Waals surface area (Å²) in [5, 5.41) is 4.38. The third-order valence-corrected chi connectivity index (χ3v) is 2.83. The molecule has 0 radical (unpaired) electrons. The number of hydrogen-bond donors (Lipinski definition) is 2. The van der Waals surface area contributed by atoms with Crippen LogP contribution in [0.3, 0.4) is 0 Å². The molecule has 1 unspecified atom stereocenters. The summed E-state index contributed by atoms with van der Waals surface area (Å²) in [5.41, 5.74) is 3.76. The molecule has 2 rings (SSSR count). The van der Waals surface area contributed by atoms with Crippen LogP contribution in [0.25, 0.3) is 0 Å². The summed E-state index contributed by atoms with van der Waals surface area (Å²) in [4.78, 5) is 0. The van der Waals surface area contributed by atoms with Gasteiger partial charge in [0.05, 0.1) is 0 Å². The van der Waals surface area contributed by atoms with Gasteiger partial charge in [-0.15, -0.1) is 0 Å². The Bertz CT molecular complexity index is 399. The summed E-state index contributed by atoms with van der Waals surface area (Å²) in [7, 11) is 0. The SMILES string of the molecule is NNC(c1ccsc1)c1ccc(Cl)o1. The molecule has 1 atom stereocenters. The van der Waals surface area contributed by atoms with Crippen LogP contribution in [0.1, 0.15) is 17.4 Å². The Balaban J connectivity index is 2.31. The molecule has 0 aromatic carbocycles. The molecular formula is C9H9ClN2OS. The quantitative estimate of drug-likeness (QED) is 0.627. The molecular weight excluding hydrogens is 220 g/mol. The van der Waals surface area contributed by atoms with Crippen molar-refractivity contribution < 1.29 is 4.42 Å². The van der Waals surface area contributed by atoms with Gasteiger partial charge in [-0.05, 0) is 46.1 Å². The van der Waals surface area contributed by atoms with Crippen molar-refractivity contribution in [1.29, 1.82) is 0 Å². The largest absolute Gasteiger partial charge is 0.448 e. The Morgan fingerprint density at radius 3 is 2.79 bits per heavy atom. The van der Waals surface area contributed by atoms with E-state index in [9.17, 15) is 0 Å². The number of rotatable bonds is 3. The van der Waals surface area contributed by atoms with Crippen LogP contribution < -0.4 is 11.3 Å². The maximum absolute atomic E-state index is 5.69. The van der Waals surface area contributed by atoms with E-state index in [4.69, 9.17) is 21.9 Å². The summed E-state index contributed by atoms with van der Waals surface area (Å²) in [6.45, 7) is 0. The van der Waals surface area contributed by atoms with Crippen LogP contribution in [0.4, 0.5) is 0 Å². The number of thiophene rings is 1. The van der Waals surface area contributed by atoms with E-state index in [0.29, 0.717) is 5.22 Å². The molecule has 2 aromatic heterocycles. The molecule has 0 amide bonds. The molecule has 0 saturated carbocycles. The average molecular weight is 229 g/mol. The Morgan fingerprint density at radius 2 is 2.29 bits per heavy atom. The predicted molar refractivity (Wildman–Crippen MR) is 57.2 cm³/mol. The van der Waals surface area contributed by atoms with Crippen molar-refractivity contribution in [3.63, 3.8) is 0 Å². The molecule has 0 aliphatic rings. The third kappa shape index (κ3) is 1.83. The van der Waals surface area contributed by atoms with Gasteiger partial charge in [0.2, 0.25) is 0 Å². The monoisotopic (exact) mass is 228 g/mol. The highest BCUT2D eigenvalue weighted by molar-refractivity contribution is 7.08. The van der Waals surface area contributed by atoms with E-state index < -0.39 is 0 Å². The van der Waals surface area contributed by atoms with E-state index >= 15 is 0 Å². The first-order valence-corrected chi connectivity index (χ1v) is 5.37. The second-order valence-electron chi connectivity index (χ2n) is 2.80. The zero-order valence-electron chi connectivity index (χ0n) is 7.24. The molecule has 2 aromatic rings. The summed E-state index contributed by atoms with van der Waals surface area (Å²) >= 11 is 7.30. The van der Waals surface area contributed by atoms with Gasteiger partial charge in [0.1, 0.15) is 11.8 Å². The van der Waals surface area contributed by atoms with Gasteiger partial charge in [0, 0.05) is 0 Å². The van der Waals surface area contributed by atoms with Gasteiger partial charge in [-0.25, -0.2) is 5.43 Å². The number of furan rings is 1. The summed E-state index contributed by atoms with van der Waals surface area (Å²) < 4.78 is 5.29. The highest BCUT2D eigenvalue weighted by Gasteiger charge is 2.16. The van der Waals surface area contributed by atoms with E-state index in [-0.39, 0.29) is 6.04 Å². The van der Waals surface area contributed by atoms with Crippen LogP contribution in [0.15, 0.2) is 33.4 Å². The van der Waals surface area contributed by atoms with Gasteiger partial charge in [0.15, 0.2) is 5.22 Å².